The summed E-state index contributed by atoms with van der Waals surface area (Å²) in [5.74, 6) is 0.0512. The molecule has 2 N–H and O–H groups in total. The normalized spacial score (nSPS) is 17.6. The van der Waals surface area contributed by atoms with Crippen molar-refractivity contribution in [1.82, 2.24) is 10.6 Å². The predicted molar refractivity (Wildman–Crippen MR) is 79.5 cm³/mol. The highest BCUT2D eigenvalue weighted by Gasteiger charge is 2.14. The maximum Gasteiger partial charge on any atom is 0.222 e. The van der Waals surface area contributed by atoms with Crippen LogP contribution in [0.4, 0.5) is 0 Å². The Labute approximate surface area is 120 Å². The number of rotatable bonds is 6. The number of amides is 1. The van der Waals surface area contributed by atoms with Crippen LogP contribution in [0.5, 0.6) is 0 Å². The third kappa shape index (κ3) is 4.94. The lowest BCUT2D eigenvalue weighted by Gasteiger charge is -2.23. The molecule has 20 heavy (non-hydrogen) atoms. The van der Waals surface area contributed by atoms with Gasteiger partial charge < -0.3 is 15.4 Å². The van der Waals surface area contributed by atoms with Crippen molar-refractivity contribution < 1.29 is 9.53 Å². The van der Waals surface area contributed by atoms with E-state index in [1.54, 1.807) is 0 Å². The molecule has 110 valence electrons. The summed E-state index contributed by atoms with van der Waals surface area (Å²) in [6.45, 7) is 4.54. The van der Waals surface area contributed by atoms with E-state index in [0.717, 1.165) is 31.5 Å². The summed E-state index contributed by atoms with van der Waals surface area (Å²) >= 11 is 0. The van der Waals surface area contributed by atoms with Crippen molar-refractivity contribution in [2.75, 3.05) is 19.7 Å². The third-order valence-electron chi connectivity index (χ3n) is 3.65. The summed E-state index contributed by atoms with van der Waals surface area (Å²) < 4.78 is 5.74. The minimum Gasteiger partial charge on any atom is -0.378 e. The van der Waals surface area contributed by atoms with Crippen molar-refractivity contribution in [1.29, 1.82) is 0 Å². The number of hydrogen-bond donors (Lipinski definition) is 2. The molecular formula is C16H24N2O2. The Morgan fingerprint density at radius 1 is 1.35 bits per heavy atom. The largest absolute Gasteiger partial charge is 0.378 e. The molecule has 1 aromatic rings. The van der Waals surface area contributed by atoms with E-state index in [4.69, 9.17) is 4.74 Å². The third-order valence-corrected chi connectivity index (χ3v) is 3.65. The number of carbonyl (C=O) groups is 1. The molecule has 0 aliphatic carbocycles. The molecule has 2 rings (SSSR count). The first-order valence-electron chi connectivity index (χ1n) is 7.42. The first-order valence-corrected chi connectivity index (χ1v) is 7.42. The standard InChI is InChI=1S/C16H24N2O2/c1-13(14-5-3-2-4-6-14)18-16(19)9-12-20-15-7-10-17-11-8-15/h2-6,13,15,17H,7-12H2,1H3,(H,18,19). The maximum atomic E-state index is 11.9. The molecule has 4 heteroatoms. The van der Waals surface area contributed by atoms with Crippen LogP contribution in [-0.2, 0) is 9.53 Å². The Kier molecular flexibility index (Phi) is 6.02. The van der Waals surface area contributed by atoms with E-state index in [1.165, 1.54) is 0 Å². The van der Waals surface area contributed by atoms with Crippen LogP contribution in [-0.4, -0.2) is 31.7 Å². The van der Waals surface area contributed by atoms with Crippen molar-refractivity contribution in [3.05, 3.63) is 35.9 Å². The monoisotopic (exact) mass is 276 g/mol. The molecule has 0 bridgehead atoms. The number of ether oxygens (including phenoxy) is 1. The molecule has 1 unspecified atom stereocenters. The van der Waals surface area contributed by atoms with Gasteiger partial charge >= 0.3 is 0 Å². The Hall–Kier alpha value is -1.39. The van der Waals surface area contributed by atoms with Crippen LogP contribution in [0.2, 0.25) is 0 Å². The van der Waals surface area contributed by atoms with Crippen molar-refractivity contribution >= 4 is 5.91 Å². The van der Waals surface area contributed by atoms with Gasteiger partial charge in [0, 0.05) is 6.42 Å². The van der Waals surface area contributed by atoms with Crippen molar-refractivity contribution in [2.45, 2.75) is 38.3 Å². The van der Waals surface area contributed by atoms with E-state index in [9.17, 15) is 4.79 Å². The quantitative estimate of drug-likeness (QED) is 0.836. The number of piperidine rings is 1. The van der Waals surface area contributed by atoms with Crippen LogP contribution in [0.25, 0.3) is 0 Å². The van der Waals surface area contributed by atoms with E-state index in [2.05, 4.69) is 10.6 Å². The van der Waals surface area contributed by atoms with Gasteiger partial charge in [-0.25, -0.2) is 0 Å². The van der Waals surface area contributed by atoms with Gasteiger partial charge in [0.05, 0.1) is 18.8 Å². The minimum atomic E-state index is 0.0441. The summed E-state index contributed by atoms with van der Waals surface area (Å²) in [6, 6.07) is 10.0. The Morgan fingerprint density at radius 2 is 2.05 bits per heavy atom. The van der Waals surface area contributed by atoms with Crippen LogP contribution >= 0.6 is 0 Å². The van der Waals surface area contributed by atoms with Gasteiger partial charge in [0.25, 0.3) is 0 Å². The zero-order valence-electron chi connectivity index (χ0n) is 12.1. The van der Waals surface area contributed by atoms with Crippen LogP contribution in [0.3, 0.4) is 0 Å². The van der Waals surface area contributed by atoms with E-state index < -0.39 is 0 Å². The molecule has 4 nitrogen and oxygen atoms in total. The lowest BCUT2D eigenvalue weighted by Crippen LogP contribution is -2.33. The van der Waals surface area contributed by atoms with Gasteiger partial charge in [0.2, 0.25) is 5.91 Å². The SMILES string of the molecule is CC(NC(=O)CCOC1CCNCC1)c1ccccc1. The predicted octanol–water partition coefficient (Wildman–Crippen LogP) is 2.02. The topological polar surface area (TPSA) is 50.4 Å². The molecule has 1 aromatic carbocycles. The van der Waals surface area contributed by atoms with Gasteiger partial charge in [0.15, 0.2) is 0 Å². The second kappa shape index (κ2) is 8.02. The van der Waals surface area contributed by atoms with Crippen LogP contribution in [0.15, 0.2) is 30.3 Å². The molecule has 1 aliphatic rings. The van der Waals surface area contributed by atoms with Gasteiger partial charge in [-0.3, -0.25) is 4.79 Å². The molecule has 1 saturated heterocycles. The smallest absolute Gasteiger partial charge is 0.222 e. The molecule has 0 spiro atoms. The highest BCUT2D eigenvalue weighted by Crippen LogP contribution is 2.11. The molecule has 0 saturated carbocycles. The summed E-state index contributed by atoms with van der Waals surface area (Å²) in [5, 5.41) is 6.30. The fourth-order valence-corrected chi connectivity index (χ4v) is 2.42. The molecule has 1 aliphatic heterocycles. The summed E-state index contributed by atoms with van der Waals surface area (Å²) in [4.78, 5) is 11.9. The Morgan fingerprint density at radius 3 is 2.75 bits per heavy atom. The van der Waals surface area contributed by atoms with Crippen LogP contribution in [0.1, 0.15) is 37.8 Å². The summed E-state index contributed by atoms with van der Waals surface area (Å²) in [7, 11) is 0. The second-order valence-electron chi connectivity index (χ2n) is 5.27. The van der Waals surface area contributed by atoms with Crippen LogP contribution in [0, 0.1) is 0 Å². The first-order chi connectivity index (χ1) is 9.75. The van der Waals surface area contributed by atoms with Crippen LogP contribution < -0.4 is 10.6 Å². The first kappa shape index (κ1) is 15.0. The Bertz CT molecular complexity index is 402. The summed E-state index contributed by atoms with van der Waals surface area (Å²) in [5.41, 5.74) is 1.13. The fourth-order valence-electron chi connectivity index (χ4n) is 2.42. The van der Waals surface area contributed by atoms with Gasteiger partial charge in [0.1, 0.15) is 0 Å². The molecule has 0 radical (unpaired) electrons. The highest BCUT2D eigenvalue weighted by molar-refractivity contribution is 5.76. The number of carbonyl (C=O) groups excluding carboxylic acids is 1. The van der Waals surface area contributed by atoms with Gasteiger partial charge in [-0.15, -0.1) is 0 Å². The van der Waals surface area contributed by atoms with Gasteiger partial charge in [-0.05, 0) is 38.4 Å². The maximum absolute atomic E-state index is 11.9. The van der Waals surface area contributed by atoms with Crippen molar-refractivity contribution in [2.24, 2.45) is 0 Å². The molecule has 1 heterocycles. The highest BCUT2D eigenvalue weighted by atomic mass is 16.5. The lowest BCUT2D eigenvalue weighted by atomic mass is 10.1. The van der Waals surface area contributed by atoms with Crippen molar-refractivity contribution in [3.63, 3.8) is 0 Å². The zero-order valence-corrected chi connectivity index (χ0v) is 12.1. The van der Waals surface area contributed by atoms with E-state index >= 15 is 0 Å². The average Bonchev–Trinajstić information content (AvgIpc) is 2.49. The number of benzene rings is 1. The summed E-state index contributed by atoms with van der Waals surface area (Å²) in [6.07, 6.45) is 2.83. The molecule has 1 atom stereocenters. The second-order valence-corrected chi connectivity index (χ2v) is 5.27. The number of hydrogen-bond acceptors (Lipinski definition) is 3. The zero-order chi connectivity index (χ0) is 14.2. The minimum absolute atomic E-state index is 0.0441. The van der Waals surface area contributed by atoms with Gasteiger partial charge in [-0.1, -0.05) is 30.3 Å². The van der Waals surface area contributed by atoms with E-state index in [1.807, 2.05) is 37.3 Å². The Balaban J connectivity index is 1.65. The lowest BCUT2D eigenvalue weighted by molar-refractivity contribution is -0.123. The molecule has 1 amide bonds. The molecule has 0 aromatic heterocycles. The fraction of sp³-hybridized carbons (Fsp3) is 0.562. The molecule has 1 fully saturated rings. The van der Waals surface area contributed by atoms with E-state index in [-0.39, 0.29) is 11.9 Å². The van der Waals surface area contributed by atoms with Crippen molar-refractivity contribution in [3.8, 4) is 0 Å². The number of nitrogens with one attached hydrogen (secondary N) is 2. The average molecular weight is 276 g/mol. The van der Waals surface area contributed by atoms with E-state index in [0.29, 0.717) is 19.1 Å². The van der Waals surface area contributed by atoms with Gasteiger partial charge in [-0.2, -0.15) is 0 Å². The molecular weight excluding hydrogens is 252 g/mol.